The monoisotopic (exact) mass is 250 g/mol. The van der Waals surface area contributed by atoms with Gasteiger partial charge in [0.25, 0.3) is 0 Å². The van der Waals surface area contributed by atoms with E-state index in [0.717, 1.165) is 5.69 Å². The Bertz CT molecular complexity index is 415. The summed E-state index contributed by atoms with van der Waals surface area (Å²) in [4.78, 5) is 22.3. The molecule has 0 saturated carbocycles. The third-order valence-corrected chi connectivity index (χ3v) is 2.47. The maximum atomic E-state index is 11.4. The number of rotatable bonds is 6. The van der Waals surface area contributed by atoms with Gasteiger partial charge in [0.15, 0.2) is 0 Å². The lowest BCUT2D eigenvalue weighted by atomic mass is 10.1. The molecule has 0 heterocycles. The smallest absolute Gasteiger partial charge is 0.310 e. The fourth-order valence-electron chi connectivity index (χ4n) is 1.39. The molecule has 5 heteroatoms. The molecule has 98 valence electrons. The predicted molar refractivity (Wildman–Crippen MR) is 69.2 cm³/mol. The van der Waals surface area contributed by atoms with E-state index in [0.29, 0.717) is 18.7 Å². The van der Waals surface area contributed by atoms with Crippen molar-refractivity contribution in [2.45, 2.75) is 13.8 Å². The van der Waals surface area contributed by atoms with Gasteiger partial charge in [-0.05, 0) is 31.2 Å². The molecule has 18 heavy (non-hydrogen) atoms. The predicted octanol–water partition coefficient (Wildman–Crippen LogP) is 1.40. The van der Waals surface area contributed by atoms with Crippen LogP contribution in [0.3, 0.4) is 0 Å². The van der Waals surface area contributed by atoms with Gasteiger partial charge in [0, 0.05) is 17.8 Å². The molecule has 3 N–H and O–H groups in total. The molecular weight excluding hydrogens is 232 g/mol. The largest absolute Gasteiger partial charge is 0.466 e. The van der Waals surface area contributed by atoms with Crippen molar-refractivity contribution >= 4 is 17.6 Å². The number of carbonyl (C=O) groups excluding carboxylic acids is 2. The number of anilines is 1. The molecule has 0 saturated heterocycles. The SMILES string of the molecule is CCOC(=O)C(C)CNc1ccc(C(N)=O)cc1. The summed E-state index contributed by atoms with van der Waals surface area (Å²) in [6.45, 7) is 4.44. The van der Waals surface area contributed by atoms with Crippen molar-refractivity contribution in [3.8, 4) is 0 Å². The van der Waals surface area contributed by atoms with Gasteiger partial charge in [0.2, 0.25) is 5.91 Å². The maximum absolute atomic E-state index is 11.4. The lowest BCUT2D eigenvalue weighted by Crippen LogP contribution is -2.22. The average molecular weight is 250 g/mol. The first-order chi connectivity index (χ1) is 8.54. The molecule has 0 aromatic heterocycles. The van der Waals surface area contributed by atoms with Gasteiger partial charge >= 0.3 is 5.97 Å². The normalized spacial score (nSPS) is 11.7. The summed E-state index contributed by atoms with van der Waals surface area (Å²) in [5, 5.41) is 3.10. The number of nitrogens with two attached hydrogens (primary N) is 1. The number of hydrogen-bond acceptors (Lipinski definition) is 4. The van der Waals surface area contributed by atoms with E-state index in [2.05, 4.69) is 5.32 Å². The molecule has 1 atom stereocenters. The zero-order valence-corrected chi connectivity index (χ0v) is 10.6. The summed E-state index contributed by atoms with van der Waals surface area (Å²) in [6.07, 6.45) is 0. The number of hydrogen-bond donors (Lipinski definition) is 2. The first-order valence-electron chi connectivity index (χ1n) is 5.85. The minimum atomic E-state index is -0.457. The molecule has 5 nitrogen and oxygen atoms in total. The molecule has 1 rings (SSSR count). The zero-order valence-electron chi connectivity index (χ0n) is 10.6. The van der Waals surface area contributed by atoms with Crippen LogP contribution >= 0.6 is 0 Å². The fourth-order valence-corrected chi connectivity index (χ4v) is 1.39. The van der Waals surface area contributed by atoms with Crippen LogP contribution in [0.15, 0.2) is 24.3 Å². The molecule has 1 amide bonds. The standard InChI is InChI=1S/C13H18N2O3/c1-3-18-13(17)9(2)8-15-11-6-4-10(5-7-11)12(14)16/h4-7,9,15H,3,8H2,1-2H3,(H2,14,16). The molecule has 0 bridgehead atoms. The van der Waals surface area contributed by atoms with Crippen LogP contribution in [-0.4, -0.2) is 25.0 Å². The highest BCUT2D eigenvalue weighted by molar-refractivity contribution is 5.93. The van der Waals surface area contributed by atoms with Crippen LogP contribution in [-0.2, 0) is 9.53 Å². The molecule has 0 aliphatic heterocycles. The van der Waals surface area contributed by atoms with Gasteiger partial charge in [0.1, 0.15) is 0 Å². The third kappa shape index (κ3) is 4.08. The second-order valence-corrected chi connectivity index (χ2v) is 3.98. The van der Waals surface area contributed by atoms with E-state index >= 15 is 0 Å². The van der Waals surface area contributed by atoms with Crippen molar-refractivity contribution in [1.82, 2.24) is 0 Å². The van der Waals surface area contributed by atoms with Crippen molar-refractivity contribution in [2.75, 3.05) is 18.5 Å². The molecule has 1 aromatic rings. The molecule has 0 radical (unpaired) electrons. The van der Waals surface area contributed by atoms with Crippen molar-refractivity contribution in [1.29, 1.82) is 0 Å². The minimum absolute atomic E-state index is 0.222. The Morgan fingerprint density at radius 1 is 1.33 bits per heavy atom. The third-order valence-electron chi connectivity index (χ3n) is 2.47. The van der Waals surface area contributed by atoms with Gasteiger partial charge in [-0.1, -0.05) is 6.92 Å². The van der Waals surface area contributed by atoms with Crippen molar-refractivity contribution in [3.63, 3.8) is 0 Å². The van der Waals surface area contributed by atoms with Crippen LogP contribution in [0.25, 0.3) is 0 Å². The second-order valence-electron chi connectivity index (χ2n) is 3.98. The highest BCUT2D eigenvalue weighted by Crippen LogP contribution is 2.10. The van der Waals surface area contributed by atoms with Gasteiger partial charge in [-0.25, -0.2) is 0 Å². The molecule has 1 aromatic carbocycles. The topological polar surface area (TPSA) is 81.4 Å². The first-order valence-corrected chi connectivity index (χ1v) is 5.85. The summed E-state index contributed by atoms with van der Waals surface area (Å²) in [5.74, 6) is -0.902. The van der Waals surface area contributed by atoms with E-state index in [1.54, 1.807) is 38.1 Å². The highest BCUT2D eigenvalue weighted by atomic mass is 16.5. The van der Waals surface area contributed by atoms with Crippen molar-refractivity contribution in [2.24, 2.45) is 11.7 Å². The number of nitrogens with one attached hydrogen (secondary N) is 1. The van der Waals surface area contributed by atoms with E-state index < -0.39 is 5.91 Å². The van der Waals surface area contributed by atoms with Gasteiger partial charge in [-0.15, -0.1) is 0 Å². The number of amides is 1. The molecule has 0 spiro atoms. The number of benzene rings is 1. The molecule has 0 fully saturated rings. The summed E-state index contributed by atoms with van der Waals surface area (Å²) in [7, 11) is 0. The van der Waals surface area contributed by atoms with Crippen LogP contribution in [0.1, 0.15) is 24.2 Å². The van der Waals surface area contributed by atoms with E-state index in [-0.39, 0.29) is 11.9 Å². The van der Waals surface area contributed by atoms with E-state index in [4.69, 9.17) is 10.5 Å². The van der Waals surface area contributed by atoms with Crippen LogP contribution in [0.4, 0.5) is 5.69 Å². The quantitative estimate of drug-likeness (QED) is 0.748. The van der Waals surface area contributed by atoms with Crippen LogP contribution in [0, 0.1) is 5.92 Å². The lowest BCUT2D eigenvalue weighted by Gasteiger charge is -2.12. The second kappa shape index (κ2) is 6.64. The number of primary amides is 1. The number of ether oxygens (including phenoxy) is 1. The molecule has 0 aliphatic carbocycles. The number of esters is 1. The summed E-state index contributed by atoms with van der Waals surface area (Å²) in [5.41, 5.74) is 6.43. The Hall–Kier alpha value is -2.04. The van der Waals surface area contributed by atoms with E-state index in [1.807, 2.05) is 0 Å². The Balaban J connectivity index is 2.48. The Morgan fingerprint density at radius 2 is 1.94 bits per heavy atom. The highest BCUT2D eigenvalue weighted by Gasteiger charge is 2.13. The van der Waals surface area contributed by atoms with Crippen LogP contribution in [0.5, 0.6) is 0 Å². The summed E-state index contributed by atoms with van der Waals surface area (Å²) < 4.78 is 4.90. The first kappa shape index (κ1) is 14.0. The lowest BCUT2D eigenvalue weighted by molar-refractivity contribution is -0.146. The van der Waals surface area contributed by atoms with Crippen molar-refractivity contribution < 1.29 is 14.3 Å². The van der Waals surface area contributed by atoms with Crippen LogP contribution < -0.4 is 11.1 Å². The average Bonchev–Trinajstić information content (AvgIpc) is 2.36. The van der Waals surface area contributed by atoms with Gasteiger partial charge in [-0.2, -0.15) is 0 Å². The van der Waals surface area contributed by atoms with Gasteiger partial charge < -0.3 is 15.8 Å². The van der Waals surface area contributed by atoms with Crippen LogP contribution in [0.2, 0.25) is 0 Å². The van der Waals surface area contributed by atoms with Gasteiger partial charge in [0.05, 0.1) is 12.5 Å². The van der Waals surface area contributed by atoms with E-state index in [1.165, 1.54) is 0 Å². The Morgan fingerprint density at radius 3 is 2.44 bits per heavy atom. The molecular formula is C13H18N2O3. The summed E-state index contributed by atoms with van der Waals surface area (Å²) >= 11 is 0. The van der Waals surface area contributed by atoms with Crippen molar-refractivity contribution in [3.05, 3.63) is 29.8 Å². The Labute approximate surface area is 106 Å². The Kier molecular flexibility index (Phi) is 5.17. The maximum Gasteiger partial charge on any atom is 0.310 e. The van der Waals surface area contributed by atoms with E-state index in [9.17, 15) is 9.59 Å². The molecule has 1 unspecified atom stereocenters. The zero-order chi connectivity index (χ0) is 13.5. The fraction of sp³-hybridized carbons (Fsp3) is 0.385. The minimum Gasteiger partial charge on any atom is -0.466 e. The number of carbonyl (C=O) groups is 2. The molecule has 0 aliphatic rings. The van der Waals surface area contributed by atoms with Gasteiger partial charge in [-0.3, -0.25) is 9.59 Å². The summed E-state index contributed by atoms with van der Waals surface area (Å²) in [6, 6.07) is 6.77.